The lowest BCUT2D eigenvalue weighted by Gasteiger charge is -2.06. The maximum atomic E-state index is 12.6. The van der Waals surface area contributed by atoms with E-state index in [1.807, 2.05) is 50.3 Å². The largest absolute Gasteiger partial charge is 0.299 e. The highest BCUT2D eigenvalue weighted by atomic mass is 16.1. The first-order valence-electron chi connectivity index (χ1n) is 7.74. The number of H-pyrrole nitrogens is 1. The number of azo groups is 1. The number of benzene rings is 1. The molecule has 1 heterocycles. The second-order valence-corrected chi connectivity index (χ2v) is 5.91. The summed E-state index contributed by atoms with van der Waals surface area (Å²) in [6, 6.07) is 7.73. The number of aromatic amines is 1. The van der Waals surface area contributed by atoms with Crippen LogP contribution in [-0.4, -0.2) is 9.78 Å². The van der Waals surface area contributed by atoms with Crippen LogP contribution >= 0.6 is 0 Å². The fraction of sp³-hybridized carbons (Fsp3) is 0.278. The van der Waals surface area contributed by atoms with Gasteiger partial charge in [0.05, 0.1) is 17.1 Å². The topological polar surface area (TPSA) is 62.5 Å². The molecule has 0 saturated heterocycles. The van der Waals surface area contributed by atoms with Gasteiger partial charge in [0.15, 0.2) is 5.69 Å². The molecule has 0 spiro atoms. The first kappa shape index (κ1) is 15.2. The Hall–Kier alpha value is -2.69. The Bertz CT molecular complexity index is 867. The lowest BCUT2D eigenvalue weighted by atomic mass is 10.0. The van der Waals surface area contributed by atoms with E-state index in [0.29, 0.717) is 17.3 Å². The van der Waals surface area contributed by atoms with E-state index in [9.17, 15) is 4.79 Å². The third kappa shape index (κ3) is 3.08. The predicted molar refractivity (Wildman–Crippen MR) is 91.4 cm³/mol. The molecule has 1 aliphatic rings. The van der Waals surface area contributed by atoms with Crippen molar-refractivity contribution in [2.24, 2.45) is 16.1 Å². The summed E-state index contributed by atoms with van der Waals surface area (Å²) in [4.78, 5) is 12.6. The molecule has 0 amide bonds. The van der Waals surface area contributed by atoms with Crippen molar-refractivity contribution in [2.75, 3.05) is 0 Å². The van der Waals surface area contributed by atoms with Crippen LogP contribution in [-0.2, 0) is 0 Å². The zero-order chi connectivity index (χ0) is 16.4. The first-order chi connectivity index (χ1) is 11.1. The Morgan fingerprint density at radius 3 is 2.70 bits per heavy atom. The van der Waals surface area contributed by atoms with Crippen molar-refractivity contribution in [3.63, 3.8) is 0 Å². The molecule has 118 valence electrons. The van der Waals surface area contributed by atoms with E-state index in [0.717, 1.165) is 23.4 Å². The van der Waals surface area contributed by atoms with Gasteiger partial charge >= 0.3 is 0 Å². The van der Waals surface area contributed by atoms with Gasteiger partial charge < -0.3 is 0 Å². The molecule has 1 aliphatic carbocycles. The molecule has 1 unspecified atom stereocenters. The quantitative estimate of drug-likeness (QED) is 0.842. The normalized spacial score (nSPS) is 17.7. The van der Waals surface area contributed by atoms with Crippen molar-refractivity contribution in [2.45, 2.75) is 27.2 Å². The van der Waals surface area contributed by atoms with Crippen molar-refractivity contribution < 1.29 is 0 Å². The fourth-order valence-corrected chi connectivity index (χ4v) is 2.54. The third-order valence-corrected chi connectivity index (χ3v) is 3.96. The zero-order valence-electron chi connectivity index (χ0n) is 13.6. The minimum absolute atomic E-state index is 0.186. The highest BCUT2D eigenvalue weighted by molar-refractivity contribution is 5.46. The van der Waals surface area contributed by atoms with E-state index < -0.39 is 0 Å². The number of para-hydroxylation sites is 1. The Morgan fingerprint density at radius 1 is 1.22 bits per heavy atom. The lowest BCUT2D eigenvalue weighted by molar-refractivity contribution is 0.728. The molecular formula is C18H20N4O. The number of hydrogen-bond donors (Lipinski definition) is 1. The standard InChI is InChI=1S/C18H20N4O/c1-12-8-10-15(11-9-12)19-20-17-14(3)21-22(18(17)23)16-7-5-4-6-13(16)2/h4-8,10-12,21H,9H2,1-3H3. The maximum absolute atomic E-state index is 12.6. The molecular weight excluding hydrogens is 288 g/mol. The van der Waals surface area contributed by atoms with Gasteiger partial charge in [-0.05, 0) is 43.9 Å². The summed E-state index contributed by atoms with van der Waals surface area (Å²) in [5.74, 6) is 0.529. The number of aromatic nitrogens is 2. The molecule has 23 heavy (non-hydrogen) atoms. The summed E-state index contributed by atoms with van der Waals surface area (Å²) in [5.41, 5.74) is 3.51. The Balaban J connectivity index is 1.95. The Labute approximate surface area is 135 Å². The molecule has 0 fully saturated rings. The lowest BCUT2D eigenvalue weighted by Crippen LogP contribution is -2.15. The zero-order valence-corrected chi connectivity index (χ0v) is 13.6. The number of rotatable bonds is 3. The Morgan fingerprint density at radius 2 is 2.00 bits per heavy atom. The van der Waals surface area contributed by atoms with Gasteiger partial charge in [-0.2, -0.15) is 5.11 Å². The summed E-state index contributed by atoms with van der Waals surface area (Å²) in [6.45, 7) is 5.95. The van der Waals surface area contributed by atoms with Crippen molar-refractivity contribution >= 4 is 5.69 Å². The van der Waals surface area contributed by atoms with Crippen molar-refractivity contribution in [1.82, 2.24) is 9.78 Å². The van der Waals surface area contributed by atoms with Gasteiger partial charge in [0.1, 0.15) is 0 Å². The second-order valence-electron chi connectivity index (χ2n) is 5.91. The van der Waals surface area contributed by atoms with E-state index in [1.54, 1.807) is 0 Å². The number of nitrogens with one attached hydrogen (secondary N) is 1. The maximum Gasteiger partial charge on any atom is 0.299 e. The first-order valence-corrected chi connectivity index (χ1v) is 7.74. The van der Waals surface area contributed by atoms with Crippen molar-refractivity contribution in [3.8, 4) is 5.69 Å². The van der Waals surface area contributed by atoms with Crippen LogP contribution in [0.5, 0.6) is 0 Å². The Kier molecular flexibility index (Phi) is 4.10. The molecule has 3 rings (SSSR count). The SMILES string of the molecule is Cc1ccccc1-n1[nH]c(C)c(N=NC2=CCC(C)C=C2)c1=O. The summed E-state index contributed by atoms with van der Waals surface area (Å²) in [6.07, 6.45) is 7.03. The van der Waals surface area contributed by atoms with E-state index in [4.69, 9.17) is 0 Å². The molecule has 1 aromatic heterocycles. The average molecular weight is 308 g/mol. The van der Waals surface area contributed by atoms with Crippen LogP contribution in [0.1, 0.15) is 24.6 Å². The predicted octanol–water partition coefficient (Wildman–Crippen LogP) is 4.35. The van der Waals surface area contributed by atoms with Crippen molar-refractivity contribution in [1.29, 1.82) is 0 Å². The van der Waals surface area contributed by atoms with Crippen LogP contribution in [0.3, 0.4) is 0 Å². The molecule has 0 aliphatic heterocycles. The van der Waals surface area contributed by atoms with Gasteiger partial charge in [-0.25, -0.2) is 4.68 Å². The van der Waals surface area contributed by atoms with Crippen LogP contribution in [0.2, 0.25) is 0 Å². The van der Waals surface area contributed by atoms with Gasteiger partial charge in [0.2, 0.25) is 0 Å². The number of hydrogen-bond acceptors (Lipinski definition) is 3. The minimum atomic E-state index is -0.186. The molecule has 0 saturated carbocycles. The molecule has 1 aromatic carbocycles. The van der Waals surface area contributed by atoms with E-state index in [1.165, 1.54) is 4.68 Å². The van der Waals surface area contributed by atoms with Gasteiger partial charge in [0.25, 0.3) is 5.56 Å². The monoisotopic (exact) mass is 308 g/mol. The molecule has 2 aromatic rings. The summed E-state index contributed by atoms with van der Waals surface area (Å²) in [7, 11) is 0. The molecule has 0 bridgehead atoms. The highest BCUT2D eigenvalue weighted by Crippen LogP contribution is 2.20. The number of aryl methyl sites for hydroxylation is 2. The van der Waals surface area contributed by atoms with Crippen LogP contribution in [0.4, 0.5) is 5.69 Å². The fourth-order valence-electron chi connectivity index (χ4n) is 2.54. The van der Waals surface area contributed by atoms with E-state index in [-0.39, 0.29) is 5.56 Å². The minimum Gasteiger partial charge on any atom is -0.293 e. The molecule has 5 heteroatoms. The summed E-state index contributed by atoms with van der Waals surface area (Å²) in [5, 5.41) is 11.5. The smallest absolute Gasteiger partial charge is 0.293 e. The van der Waals surface area contributed by atoms with Gasteiger partial charge in [0, 0.05) is 0 Å². The average Bonchev–Trinajstić information content (AvgIpc) is 2.82. The van der Waals surface area contributed by atoms with Crippen LogP contribution in [0.25, 0.3) is 5.69 Å². The van der Waals surface area contributed by atoms with Crippen molar-refractivity contribution in [3.05, 3.63) is 69.8 Å². The molecule has 0 radical (unpaired) electrons. The van der Waals surface area contributed by atoms with E-state index in [2.05, 4.69) is 28.3 Å². The third-order valence-electron chi connectivity index (χ3n) is 3.96. The van der Waals surface area contributed by atoms with Crippen LogP contribution in [0.15, 0.2) is 63.2 Å². The number of allylic oxidation sites excluding steroid dienone is 3. The van der Waals surface area contributed by atoms with Crippen LogP contribution in [0, 0.1) is 19.8 Å². The number of nitrogens with zero attached hydrogens (tertiary/aromatic N) is 3. The van der Waals surface area contributed by atoms with Crippen LogP contribution < -0.4 is 5.56 Å². The van der Waals surface area contributed by atoms with E-state index >= 15 is 0 Å². The molecule has 1 N–H and O–H groups in total. The molecule has 5 nitrogen and oxygen atoms in total. The van der Waals surface area contributed by atoms with Gasteiger partial charge in [-0.1, -0.05) is 37.3 Å². The summed E-state index contributed by atoms with van der Waals surface area (Å²) >= 11 is 0. The molecule has 1 atom stereocenters. The summed E-state index contributed by atoms with van der Waals surface area (Å²) < 4.78 is 1.52. The highest BCUT2D eigenvalue weighted by Gasteiger charge is 2.13. The second kappa shape index (κ2) is 6.20. The van der Waals surface area contributed by atoms with Gasteiger partial charge in [-0.15, -0.1) is 5.11 Å². The van der Waals surface area contributed by atoms with Gasteiger partial charge in [-0.3, -0.25) is 9.89 Å².